The van der Waals surface area contributed by atoms with Crippen molar-refractivity contribution in [3.8, 4) is 0 Å². The molecule has 0 spiro atoms. The molecule has 1 saturated heterocycles. The van der Waals surface area contributed by atoms with E-state index < -0.39 is 0 Å². The minimum Gasteiger partial charge on any atom is -0.369 e. The van der Waals surface area contributed by atoms with Crippen molar-refractivity contribution in [2.24, 2.45) is 0 Å². The second kappa shape index (κ2) is 11.5. The predicted octanol–water partition coefficient (Wildman–Crippen LogP) is 3.62. The quantitative estimate of drug-likeness (QED) is 0.477. The number of hydrogen-bond donors (Lipinski definition) is 3. The number of carbonyl (C=O) groups is 2. The monoisotopic (exact) mass is 463 g/mol. The van der Waals surface area contributed by atoms with Gasteiger partial charge >= 0.3 is 6.03 Å². The summed E-state index contributed by atoms with van der Waals surface area (Å²) in [5, 5.41) is 10.6. The Hall–Kier alpha value is -3.36. The molecule has 1 aliphatic heterocycles. The fourth-order valence-corrected chi connectivity index (χ4v) is 4.44. The second-order valence-electron chi connectivity index (χ2n) is 7.89. The zero-order valence-electron chi connectivity index (χ0n) is 18.5. The maximum absolute atomic E-state index is 12.4. The normalized spacial score (nSPS) is 14.0. The highest BCUT2D eigenvalue weighted by molar-refractivity contribution is 7.09. The van der Waals surface area contributed by atoms with Crippen molar-refractivity contribution in [3.05, 3.63) is 82.6 Å². The Morgan fingerprint density at radius 3 is 2.45 bits per heavy atom. The lowest BCUT2D eigenvalue weighted by molar-refractivity contribution is 0.0951. The summed E-state index contributed by atoms with van der Waals surface area (Å²) in [6, 6.07) is 21.1. The lowest BCUT2D eigenvalue weighted by Crippen LogP contribution is -2.48. The molecule has 1 aromatic heterocycles. The number of hydrogen-bond acceptors (Lipinski definition) is 5. The van der Waals surface area contributed by atoms with Crippen molar-refractivity contribution in [2.75, 3.05) is 49.5 Å². The number of anilines is 2. The number of nitrogens with zero attached hydrogens (tertiary/aromatic N) is 2. The van der Waals surface area contributed by atoms with Gasteiger partial charge in [-0.05, 0) is 41.8 Å². The molecule has 33 heavy (non-hydrogen) atoms. The molecule has 1 fully saturated rings. The van der Waals surface area contributed by atoms with E-state index in [2.05, 4.69) is 50.0 Å². The van der Waals surface area contributed by atoms with Crippen molar-refractivity contribution in [1.29, 1.82) is 0 Å². The Kier molecular flexibility index (Phi) is 7.94. The molecule has 3 aromatic rings. The summed E-state index contributed by atoms with van der Waals surface area (Å²) in [5.41, 5.74) is 2.37. The first-order valence-corrected chi connectivity index (χ1v) is 12.0. The van der Waals surface area contributed by atoms with Gasteiger partial charge < -0.3 is 20.9 Å². The summed E-state index contributed by atoms with van der Waals surface area (Å²) in [5.74, 6) is -0.165. The van der Waals surface area contributed by atoms with Crippen LogP contribution in [-0.2, 0) is 6.54 Å². The molecule has 0 bridgehead atoms. The van der Waals surface area contributed by atoms with Gasteiger partial charge in [-0.3, -0.25) is 9.69 Å². The number of nitrogens with one attached hydrogen (secondary N) is 3. The van der Waals surface area contributed by atoms with E-state index in [0.717, 1.165) is 37.6 Å². The molecule has 0 unspecified atom stereocenters. The lowest BCUT2D eigenvalue weighted by atomic mass is 10.2. The molecule has 1 aliphatic rings. The maximum Gasteiger partial charge on any atom is 0.319 e. The minimum absolute atomic E-state index is 0.165. The SMILES string of the molecule is O=C(NCCN1CCN(c2ccccc2)CC1)Nc1cccc(C(=O)NCc2cccs2)c1. The Labute approximate surface area is 198 Å². The third-order valence-corrected chi connectivity index (χ3v) is 6.47. The third kappa shape index (κ3) is 6.81. The number of rotatable bonds is 8. The van der Waals surface area contributed by atoms with E-state index in [4.69, 9.17) is 0 Å². The number of amides is 3. The van der Waals surface area contributed by atoms with E-state index in [-0.39, 0.29) is 11.9 Å². The average molecular weight is 464 g/mol. The molecule has 0 radical (unpaired) electrons. The van der Waals surface area contributed by atoms with Crippen molar-refractivity contribution >= 4 is 34.6 Å². The van der Waals surface area contributed by atoms with Crippen LogP contribution in [0.2, 0.25) is 0 Å². The Balaban J connectivity index is 1.16. The van der Waals surface area contributed by atoms with Gasteiger partial charge in [0.05, 0.1) is 6.54 Å². The van der Waals surface area contributed by atoms with Gasteiger partial charge in [0.2, 0.25) is 0 Å². The summed E-state index contributed by atoms with van der Waals surface area (Å²) in [6.07, 6.45) is 0. The summed E-state index contributed by atoms with van der Waals surface area (Å²) in [4.78, 5) is 30.5. The van der Waals surface area contributed by atoms with Crippen LogP contribution in [0.5, 0.6) is 0 Å². The molecule has 8 heteroatoms. The van der Waals surface area contributed by atoms with Gasteiger partial charge in [-0.25, -0.2) is 4.79 Å². The van der Waals surface area contributed by atoms with Gasteiger partial charge in [-0.2, -0.15) is 0 Å². The van der Waals surface area contributed by atoms with Crippen molar-refractivity contribution in [3.63, 3.8) is 0 Å². The molecule has 0 atom stereocenters. The number of thiophene rings is 1. The minimum atomic E-state index is -0.269. The van der Waals surface area contributed by atoms with Crippen molar-refractivity contribution < 1.29 is 9.59 Å². The Bertz CT molecular complexity index is 1030. The van der Waals surface area contributed by atoms with Gasteiger partial charge in [0, 0.05) is 61.1 Å². The van der Waals surface area contributed by atoms with Crippen LogP contribution in [0, 0.1) is 0 Å². The standard InChI is InChI=1S/C25H29N5O2S/c31-24(27-19-23-10-5-17-33-23)20-6-4-7-21(18-20)28-25(32)26-11-12-29-13-15-30(16-14-29)22-8-2-1-3-9-22/h1-10,17-18H,11-16,19H2,(H,27,31)(H2,26,28,32). The summed E-state index contributed by atoms with van der Waals surface area (Å²) < 4.78 is 0. The summed E-state index contributed by atoms with van der Waals surface area (Å²) >= 11 is 1.60. The molecule has 3 N–H and O–H groups in total. The highest BCUT2D eigenvalue weighted by atomic mass is 32.1. The molecule has 2 aromatic carbocycles. The number of urea groups is 1. The van der Waals surface area contributed by atoms with Crippen molar-refractivity contribution in [1.82, 2.24) is 15.5 Å². The number of carbonyl (C=O) groups excluding carboxylic acids is 2. The van der Waals surface area contributed by atoms with Crippen LogP contribution in [0.3, 0.4) is 0 Å². The average Bonchev–Trinajstić information content (AvgIpc) is 3.37. The van der Waals surface area contributed by atoms with Gasteiger partial charge in [-0.1, -0.05) is 30.3 Å². The molecule has 172 valence electrons. The largest absolute Gasteiger partial charge is 0.369 e. The van der Waals surface area contributed by atoms with E-state index in [1.807, 2.05) is 23.6 Å². The van der Waals surface area contributed by atoms with Crippen LogP contribution in [0.4, 0.5) is 16.2 Å². The van der Waals surface area contributed by atoms with Crippen LogP contribution >= 0.6 is 11.3 Å². The molecular weight excluding hydrogens is 434 g/mol. The van der Waals surface area contributed by atoms with Crippen LogP contribution in [0.1, 0.15) is 15.2 Å². The number of piperazine rings is 1. The zero-order valence-corrected chi connectivity index (χ0v) is 19.3. The highest BCUT2D eigenvalue weighted by Gasteiger charge is 2.17. The molecule has 4 rings (SSSR count). The van der Waals surface area contributed by atoms with Crippen LogP contribution in [-0.4, -0.2) is 56.1 Å². The molecule has 7 nitrogen and oxygen atoms in total. The van der Waals surface area contributed by atoms with E-state index in [0.29, 0.717) is 24.3 Å². The molecule has 0 saturated carbocycles. The predicted molar refractivity (Wildman–Crippen MR) is 134 cm³/mol. The fraction of sp³-hybridized carbons (Fsp3) is 0.280. The van der Waals surface area contributed by atoms with Crippen molar-refractivity contribution in [2.45, 2.75) is 6.54 Å². The molecular formula is C25H29N5O2S. The maximum atomic E-state index is 12.4. The second-order valence-corrected chi connectivity index (χ2v) is 8.92. The number of para-hydroxylation sites is 1. The van der Waals surface area contributed by atoms with Crippen LogP contribution < -0.4 is 20.9 Å². The first-order chi connectivity index (χ1) is 16.2. The Morgan fingerprint density at radius 1 is 0.879 bits per heavy atom. The van der Waals surface area contributed by atoms with E-state index in [1.165, 1.54) is 5.69 Å². The summed E-state index contributed by atoms with van der Waals surface area (Å²) in [7, 11) is 0. The van der Waals surface area contributed by atoms with E-state index in [9.17, 15) is 9.59 Å². The highest BCUT2D eigenvalue weighted by Crippen LogP contribution is 2.15. The summed E-state index contributed by atoms with van der Waals surface area (Å²) in [6.45, 7) is 5.78. The van der Waals surface area contributed by atoms with Gasteiger partial charge in [0.25, 0.3) is 5.91 Å². The smallest absolute Gasteiger partial charge is 0.319 e. The van der Waals surface area contributed by atoms with Gasteiger partial charge in [-0.15, -0.1) is 11.3 Å². The first kappa shape index (κ1) is 22.8. The number of benzene rings is 2. The van der Waals surface area contributed by atoms with Crippen LogP contribution in [0.25, 0.3) is 0 Å². The lowest BCUT2D eigenvalue weighted by Gasteiger charge is -2.36. The Morgan fingerprint density at radius 2 is 1.70 bits per heavy atom. The topological polar surface area (TPSA) is 76.7 Å². The molecule has 0 aliphatic carbocycles. The van der Waals surface area contributed by atoms with Crippen LogP contribution in [0.15, 0.2) is 72.1 Å². The van der Waals surface area contributed by atoms with E-state index >= 15 is 0 Å². The van der Waals surface area contributed by atoms with Gasteiger partial charge in [0.15, 0.2) is 0 Å². The third-order valence-electron chi connectivity index (χ3n) is 5.59. The van der Waals surface area contributed by atoms with Gasteiger partial charge in [0.1, 0.15) is 0 Å². The first-order valence-electron chi connectivity index (χ1n) is 11.2. The van der Waals surface area contributed by atoms with E-state index in [1.54, 1.807) is 35.6 Å². The fourth-order valence-electron chi connectivity index (χ4n) is 3.79. The molecule has 3 amide bonds. The molecule has 2 heterocycles. The zero-order chi connectivity index (χ0) is 22.9.